The normalized spacial score (nSPS) is 24.7. The van der Waals surface area contributed by atoms with Gasteiger partial charge in [-0.1, -0.05) is 72.8 Å². The van der Waals surface area contributed by atoms with E-state index in [0.29, 0.717) is 26.4 Å². The third kappa shape index (κ3) is 6.80. The van der Waals surface area contributed by atoms with Crippen molar-refractivity contribution in [3.05, 3.63) is 102 Å². The van der Waals surface area contributed by atoms with Crippen molar-refractivity contribution in [2.24, 2.45) is 0 Å². The molecule has 2 fully saturated rings. The van der Waals surface area contributed by atoms with Crippen LogP contribution in [0.5, 0.6) is 5.75 Å². The van der Waals surface area contributed by atoms with Crippen LogP contribution >= 0.6 is 0 Å². The maximum Gasteiger partial charge on any atom is 0.190 e. The molecule has 5 atom stereocenters. The summed E-state index contributed by atoms with van der Waals surface area (Å²) in [6.45, 7) is 5.38. The first-order valence-corrected chi connectivity index (χ1v) is 13.0. The van der Waals surface area contributed by atoms with Gasteiger partial charge in [0.2, 0.25) is 0 Å². The zero-order chi connectivity index (χ0) is 26.4. The van der Waals surface area contributed by atoms with Gasteiger partial charge in [0, 0.05) is 0 Å². The van der Waals surface area contributed by atoms with E-state index in [9.17, 15) is 0 Å². The zero-order valence-corrected chi connectivity index (χ0v) is 22.2. The molecule has 7 nitrogen and oxygen atoms in total. The van der Waals surface area contributed by atoms with Crippen LogP contribution in [0.25, 0.3) is 0 Å². The molecule has 0 N–H and O–H groups in total. The smallest absolute Gasteiger partial charge is 0.190 e. The van der Waals surface area contributed by atoms with Gasteiger partial charge < -0.3 is 33.2 Å². The highest BCUT2D eigenvalue weighted by molar-refractivity contribution is 5.26. The van der Waals surface area contributed by atoms with Gasteiger partial charge >= 0.3 is 0 Å². The van der Waals surface area contributed by atoms with Crippen LogP contribution < -0.4 is 4.74 Å². The lowest BCUT2D eigenvalue weighted by molar-refractivity contribution is -0.238. The molecule has 38 heavy (non-hydrogen) atoms. The van der Waals surface area contributed by atoms with Crippen molar-refractivity contribution in [2.75, 3.05) is 13.7 Å². The molecule has 2 saturated heterocycles. The van der Waals surface area contributed by atoms with Crippen molar-refractivity contribution >= 4 is 0 Å². The first kappa shape index (κ1) is 26.8. The largest absolute Gasteiger partial charge is 0.497 e. The Bertz CT molecular complexity index is 1120. The molecule has 0 aliphatic carbocycles. The van der Waals surface area contributed by atoms with E-state index in [1.165, 1.54) is 0 Å². The lowest BCUT2D eigenvalue weighted by Crippen LogP contribution is -2.45. The Morgan fingerprint density at radius 2 is 1.39 bits per heavy atom. The van der Waals surface area contributed by atoms with Crippen LogP contribution in [-0.4, -0.2) is 50.2 Å². The van der Waals surface area contributed by atoms with Gasteiger partial charge in [0.05, 0.1) is 33.5 Å². The van der Waals surface area contributed by atoms with Crippen molar-refractivity contribution in [1.82, 2.24) is 0 Å². The van der Waals surface area contributed by atoms with Gasteiger partial charge in [-0.05, 0) is 42.7 Å². The summed E-state index contributed by atoms with van der Waals surface area (Å²) < 4.78 is 43.0. The number of fused-ring (bicyclic) bond motifs is 1. The van der Waals surface area contributed by atoms with Crippen LogP contribution in [0.15, 0.2) is 84.9 Å². The second-order valence-corrected chi connectivity index (χ2v) is 10.0. The van der Waals surface area contributed by atoms with E-state index in [2.05, 4.69) is 0 Å². The lowest BCUT2D eigenvalue weighted by atomic mass is 10.1. The van der Waals surface area contributed by atoms with E-state index >= 15 is 0 Å². The first-order valence-electron chi connectivity index (χ1n) is 13.0. The third-order valence-corrected chi connectivity index (χ3v) is 6.70. The molecule has 7 heteroatoms. The SMILES string of the molecule is COc1ccc(COC[C@@H](OCc2ccccc2)[C@H]2O[C@@H]3OC(C)(C)O[C@@H]3[C@H]2OCc2ccccc2)cc1. The van der Waals surface area contributed by atoms with Gasteiger partial charge in [-0.2, -0.15) is 0 Å². The molecule has 0 amide bonds. The Morgan fingerprint density at radius 3 is 2.05 bits per heavy atom. The van der Waals surface area contributed by atoms with Crippen molar-refractivity contribution in [3.8, 4) is 5.75 Å². The predicted octanol–water partition coefficient (Wildman–Crippen LogP) is 5.26. The van der Waals surface area contributed by atoms with Crippen molar-refractivity contribution in [1.29, 1.82) is 0 Å². The maximum absolute atomic E-state index is 6.45. The van der Waals surface area contributed by atoms with Gasteiger partial charge in [0.25, 0.3) is 0 Å². The fourth-order valence-corrected chi connectivity index (χ4v) is 4.79. The van der Waals surface area contributed by atoms with Crippen LogP contribution in [0.3, 0.4) is 0 Å². The highest BCUT2D eigenvalue weighted by atomic mass is 16.8. The molecule has 0 saturated carbocycles. The van der Waals surface area contributed by atoms with Crippen LogP contribution in [-0.2, 0) is 48.2 Å². The van der Waals surface area contributed by atoms with Gasteiger partial charge in [-0.15, -0.1) is 0 Å². The van der Waals surface area contributed by atoms with E-state index in [1.54, 1.807) is 7.11 Å². The van der Waals surface area contributed by atoms with Crippen LogP contribution in [0.4, 0.5) is 0 Å². The minimum absolute atomic E-state index is 0.317. The van der Waals surface area contributed by atoms with E-state index in [1.807, 2.05) is 98.8 Å². The summed E-state index contributed by atoms with van der Waals surface area (Å²) in [5, 5.41) is 0. The lowest BCUT2D eigenvalue weighted by Gasteiger charge is -2.31. The molecular weight excluding hydrogens is 484 g/mol. The van der Waals surface area contributed by atoms with Crippen molar-refractivity contribution in [2.45, 2.75) is 70.2 Å². The van der Waals surface area contributed by atoms with Gasteiger partial charge in [0.15, 0.2) is 12.1 Å². The molecule has 0 bridgehead atoms. The first-order chi connectivity index (χ1) is 18.5. The summed E-state index contributed by atoms with van der Waals surface area (Å²) in [4.78, 5) is 0. The van der Waals surface area contributed by atoms with Crippen LogP contribution in [0.1, 0.15) is 30.5 Å². The zero-order valence-electron chi connectivity index (χ0n) is 22.2. The van der Waals surface area contributed by atoms with E-state index in [-0.39, 0.29) is 6.10 Å². The molecule has 3 aromatic carbocycles. The highest BCUT2D eigenvalue weighted by Gasteiger charge is 2.57. The van der Waals surface area contributed by atoms with Crippen LogP contribution in [0, 0.1) is 0 Å². The molecular formula is C31H36O7. The molecule has 3 aromatic rings. The topological polar surface area (TPSA) is 64.6 Å². The van der Waals surface area contributed by atoms with Crippen molar-refractivity contribution < 1.29 is 33.2 Å². The van der Waals surface area contributed by atoms with E-state index < -0.39 is 30.4 Å². The monoisotopic (exact) mass is 520 g/mol. The van der Waals surface area contributed by atoms with E-state index in [0.717, 1.165) is 22.4 Å². The average Bonchev–Trinajstić information content (AvgIpc) is 3.42. The summed E-state index contributed by atoms with van der Waals surface area (Å²) >= 11 is 0. The Balaban J connectivity index is 1.31. The fourth-order valence-electron chi connectivity index (χ4n) is 4.79. The maximum atomic E-state index is 6.45. The second kappa shape index (κ2) is 12.4. The van der Waals surface area contributed by atoms with Gasteiger partial charge in [-0.3, -0.25) is 0 Å². The Kier molecular flexibility index (Phi) is 8.74. The molecule has 5 rings (SSSR count). The standard InChI is InChI=1S/C31H36O7/c1-31(2)37-29-28(35-20-23-12-8-5-9-13-23)27(36-30(29)38-31)26(34-19-22-10-6-4-7-11-22)21-33-18-24-14-16-25(32-3)17-15-24/h4-17,26-30H,18-21H2,1-3H3/t26-,27-,28+,29-,30-/m1/s1. The average molecular weight is 521 g/mol. The molecule has 202 valence electrons. The minimum atomic E-state index is -0.750. The van der Waals surface area contributed by atoms with Gasteiger partial charge in [-0.25, -0.2) is 0 Å². The van der Waals surface area contributed by atoms with Crippen LogP contribution in [0.2, 0.25) is 0 Å². The summed E-state index contributed by atoms with van der Waals surface area (Å²) in [5.41, 5.74) is 3.19. The Morgan fingerprint density at radius 1 is 0.763 bits per heavy atom. The number of ether oxygens (including phenoxy) is 7. The summed E-state index contributed by atoms with van der Waals surface area (Å²) in [6, 6.07) is 28.0. The minimum Gasteiger partial charge on any atom is -0.497 e. The Labute approximate surface area is 224 Å². The second-order valence-electron chi connectivity index (χ2n) is 10.0. The molecule has 0 spiro atoms. The number of hydrogen-bond donors (Lipinski definition) is 0. The summed E-state index contributed by atoms with van der Waals surface area (Å²) in [7, 11) is 1.65. The third-order valence-electron chi connectivity index (χ3n) is 6.70. The quantitative estimate of drug-likeness (QED) is 0.323. The molecule has 0 unspecified atom stereocenters. The molecule has 2 aliphatic rings. The molecule has 0 radical (unpaired) electrons. The molecule has 2 heterocycles. The van der Waals surface area contributed by atoms with Crippen molar-refractivity contribution in [3.63, 3.8) is 0 Å². The molecule has 0 aromatic heterocycles. The fraction of sp³-hybridized carbons (Fsp3) is 0.419. The number of methoxy groups -OCH3 is 1. The highest BCUT2D eigenvalue weighted by Crippen LogP contribution is 2.40. The summed E-state index contributed by atoms with van der Waals surface area (Å²) in [5.74, 6) is 0.0601. The molecule has 2 aliphatic heterocycles. The number of rotatable bonds is 12. The Hall–Kier alpha value is -2.78. The predicted molar refractivity (Wildman–Crippen MR) is 141 cm³/mol. The number of hydrogen-bond acceptors (Lipinski definition) is 7. The van der Waals surface area contributed by atoms with E-state index in [4.69, 9.17) is 33.2 Å². The number of benzene rings is 3. The summed E-state index contributed by atoms with van der Waals surface area (Å²) in [6.07, 6.45) is -2.16. The van der Waals surface area contributed by atoms with Gasteiger partial charge in [0.1, 0.15) is 30.2 Å².